The van der Waals surface area contributed by atoms with Gasteiger partial charge in [0.1, 0.15) is 5.82 Å². The van der Waals surface area contributed by atoms with Gasteiger partial charge in [-0.3, -0.25) is 10.1 Å². The van der Waals surface area contributed by atoms with Crippen molar-refractivity contribution in [1.82, 2.24) is 5.32 Å². The number of phenolic OH excluding ortho intramolecular Hbond substituents is 1. The molecule has 0 aromatic heterocycles. The number of nitro benzene ring substituents is 1. The van der Waals surface area contributed by atoms with E-state index in [-0.39, 0.29) is 16.5 Å². The average molecular weight is 311 g/mol. The van der Waals surface area contributed by atoms with Gasteiger partial charge in [-0.05, 0) is 29.3 Å². The first kappa shape index (κ1) is 15.2. The van der Waals surface area contributed by atoms with Crippen LogP contribution in [0.5, 0.6) is 5.75 Å². The van der Waals surface area contributed by atoms with E-state index in [1.54, 1.807) is 12.1 Å². The molecule has 110 valence electrons. The maximum absolute atomic E-state index is 13.0. The Labute approximate surface area is 125 Å². The van der Waals surface area contributed by atoms with Crippen molar-refractivity contribution in [3.63, 3.8) is 0 Å². The fourth-order valence-electron chi connectivity index (χ4n) is 1.83. The van der Waals surface area contributed by atoms with Gasteiger partial charge in [-0.15, -0.1) is 0 Å². The predicted molar refractivity (Wildman–Crippen MR) is 76.7 cm³/mol. The second kappa shape index (κ2) is 6.51. The van der Waals surface area contributed by atoms with Crippen molar-refractivity contribution in [2.45, 2.75) is 13.1 Å². The molecule has 0 atom stereocenters. The fourth-order valence-corrected chi connectivity index (χ4v) is 2.03. The Morgan fingerprint density at radius 2 is 1.81 bits per heavy atom. The number of rotatable bonds is 5. The Morgan fingerprint density at radius 1 is 1.19 bits per heavy atom. The molecule has 2 rings (SSSR count). The summed E-state index contributed by atoms with van der Waals surface area (Å²) in [5.41, 5.74) is 1.13. The van der Waals surface area contributed by atoms with E-state index in [0.29, 0.717) is 18.7 Å². The molecule has 2 N–H and O–H groups in total. The first-order chi connectivity index (χ1) is 9.97. The molecule has 5 nitrogen and oxygen atoms in total. The molecule has 0 saturated carbocycles. The lowest BCUT2D eigenvalue weighted by Crippen LogP contribution is -2.12. The molecule has 21 heavy (non-hydrogen) atoms. The number of benzene rings is 2. The van der Waals surface area contributed by atoms with Crippen molar-refractivity contribution in [3.05, 3.63) is 68.5 Å². The standard InChI is InChI=1S/C14H12ClFN2O3/c15-11-5-9(1-3-12(11)16)7-17-8-10-2-4-14(19)13(6-10)18(20)21/h1-6,17,19H,7-8H2. The highest BCUT2D eigenvalue weighted by molar-refractivity contribution is 6.30. The molecular weight excluding hydrogens is 299 g/mol. The minimum absolute atomic E-state index is 0.0505. The van der Waals surface area contributed by atoms with Crippen molar-refractivity contribution in [2.75, 3.05) is 0 Å². The van der Waals surface area contributed by atoms with Crippen molar-refractivity contribution in [2.24, 2.45) is 0 Å². The topological polar surface area (TPSA) is 75.4 Å². The number of hydrogen-bond acceptors (Lipinski definition) is 4. The van der Waals surface area contributed by atoms with Gasteiger partial charge in [0.2, 0.25) is 0 Å². The zero-order valence-electron chi connectivity index (χ0n) is 10.8. The average Bonchev–Trinajstić information content (AvgIpc) is 2.44. The van der Waals surface area contributed by atoms with Gasteiger partial charge in [-0.2, -0.15) is 0 Å². The van der Waals surface area contributed by atoms with Gasteiger partial charge >= 0.3 is 5.69 Å². The highest BCUT2D eigenvalue weighted by Crippen LogP contribution is 2.26. The number of nitrogens with zero attached hydrogens (tertiary/aromatic N) is 1. The molecule has 0 bridgehead atoms. The lowest BCUT2D eigenvalue weighted by atomic mass is 10.1. The van der Waals surface area contributed by atoms with Crippen molar-refractivity contribution < 1.29 is 14.4 Å². The highest BCUT2D eigenvalue weighted by Gasteiger charge is 2.13. The van der Waals surface area contributed by atoms with Crippen molar-refractivity contribution >= 4 is 17.3 Å². The van der Waals surface area contributed by atoms with Gasteiger partial charge in [0.05, 0.1) is 9.95 Å². The van der Waals surface area contributed by atoms with Crippen molar-refractivity contribution in [1.29, 1.82) is 0 Å². The van der Waals surface area contributed by atoms with Gasteiger partial charge in [-0.1, -0.05) is 23.7 Å². The molecule has 7 heteroatoms. The molecular formula is C14H12ClFN2O3. The van der Waals surface area contributed by atoms with E-state index < -0.39 is 10.7 Å². The summed E-state index contributed by atoms with van der Waals surface area (Å²) < 4.78 is 13.0. The van der Waals surface area contributed by atoms with Gasteiger partial charge in [0.25, 0.3) is 0 Å². The Morgan fingerprint density at radius 3 is 2.43 bits per heavy atom. The molecule has 0 aliphatic carbocycles. The molecule has 2 aromatic rings. The van der Waals surface area contributed by atoms with Gasteiger partial charge < -0.3 is 10.4 Å². The Bertz CT molecular complexity index is 679. The molecule has 0 aliphatic heterocycles. The lowest BCUT2D eigenvalue weighted by Gasteiger charge is -2.06. The molecule has 0 spiro atoms. The summed E-state index contributed by atoms with van der Waals surface area (Å²) in [4.78, 5) is 10.1. The normalized spacial score (nSPS) is 10.6. The number of aromatic hydroxyl groups is 1. The zero-order valence-corrected chi connectivity index (χ0v) is 11.6. The molecule has 0 radical (unpaired) electrons. The third-order valence-corrected chi connectivity index (χ3v) is 3.17. The van der Waals surface area contributed by atoms with Crippen LogP contribution in [0.2, 0.25) is 5.02 Å². The number of nitrogens with one attached hydrogen (secondary N) is 1. The minimum atomic E-state index is -0.640. The Hall–Kier alpha value is -2.18. The van der Waals surface area contributed by atoms with E-state index in [1.807, 2.05) is 0 Å². The van der Waals surface area contributed by atoms with Crippen LogP contribution in [0.15, 0.2) is 36.4 Å². The molecule has 0 aliphatic rings. The van der Waals surface area contributed by atoms with Gasteiger partial charge in [-0.25, -0.2) is 4.39 Å². The summed E-state index contributed by atoms with van der Waals surface area (Å²) in [6, 6.07) is 8.58. The van der Waals surface area contributed by atoms with E-state index in [9.17, 15) is 19.6 Å². The quantitative estimate of drug-likeness (QED) is 0.655. The van der Waals surface area contributed by atoms with E-state index in [4.69, 9.17) is 11.6 Å². The number of nitro groups is 1. The first-order valence-electron chi connectivity index (χ1n) is 6.08. The summed E-state index contributed by atoms with van der Waals surface area (Å²) in [5.74, 6) is -0.844. The van der Waals surface area contributed by atoms with Crippen LogP contribution in [0.4, 0.5) is 10.1 Å². The zero-order chi connectivity index (χ0) is 15.4. The molecule has 0 fully saturated rings. The van der Waals surface area contributed by atoms with Crippen LogP contribution in [0.1, 0.15) is 11.1 Å². The fraction of sp³-hybridized carbons (Fsp3) is 0.143. The summed E-state index contributed by atoms with van der Waals surface area (Å²) in [6.45, 7) is 0.810. The number of halogens is 2. The first-order valence-corrected chi connectivity index (χ1v) is 6.46. The van der Waals surface area contributed by atoms with E-state index in [2.05, 4.69) is 5.32 Å². The van der Waals surface area contributed by atoms with Crippen LogP contribution in [0, 0.1) is 15.9 Å². The maximum Gasteiger partial charge on any atom is 0.311 e. The molecule has 0 heterocycles. The van der Waals surface area contributed by atoms with Gasteiger partial charge in [0.15, 0.2) is 5.75 Å². The summed E-state index contributed by atoms with van der Waals surface area (Å²) in [7, 11) is 0. The van der Waals surface area contributed by atoms with Crippen molar-refractivity contribution in [3.8, 4) is 5.75 Å². The molecule has 0 unspecified atom stereocenters. The van der Waals surface area contributed by atoms with Gasteiger partial charge in [0, 0.05) is 19.2 Å². The summed E-state index contributed by atoms with van der Waals surface area (Å²) in [5, 5.41) is 23.2. The SMILES string of the molecule is O=[N+]([O-])c1cc(CNCc2ccc(F)c(Cl)c2)ccc1O. The molecule has 0 saturated heterocycles. The third-order valence-electron chi connectivity index (χ3n) is 2.88. The second-order valence-corrected chi connectivity index (χ2v) is 4.84. The van der Waals surface area contributed by atoms with E-state index in [1.165, 1.54) is 24.3 Å². The molecule has 0 amide bonds. The van der Waals surface area contributed by atoms with E-state index >= 15 is 0 Å². The van der Waals surface area contributed by atoms with Crippen LogP contribution >= 0.6 is 11.6 Å². The minimum Gasteiger partial charge on any atom is -0.502 e. The van der Waals surface area contributed by atoms with Crippen LogP contribution in [-0.2, 0) is 13.1 Å². The number of phenols is 1. The van der Waals surface area contributed by atoms with Crippen LogP contribution in [0.25, 0.3) is 0 Å². The largest absolute Gasteiger partial charge is 0.502 e. The lowest BCUT2D eigenvalue weighted by molar-refractivity contribution is -0.385. The van der Waals surface area contributed by atoms with Crippen LogP contribution in [0.3, 0.4) is 0 Å². The van der Waals surface area contributed by atoms with Crippen LogP contribution < -0.4 is 5.32 Å². The monoisotopic (exact) mass is 310 g/mol. The smallest absolute Gasteiger partial charge is 0.311 e. The number of hydrogen-bond donors (Lipinski definition) is 2. The summed E-state index contributed by atoms with van der Waals surface area (Å²) >= 11 is 5.68. The van der Waals surface area contributed by atoms with E-state index in [0.717, 1.165) is 5.56 Å². The molecule has 2 aromatic carbocycles. The maximum atomic E-state index is 13.0. The van der Waals surface area contributed by atoms with Crippen LogP contribution in [-0.4, -0.2) is 10.0 Å². The predicted octanol–water partition coefficient (Wildman–Crippen LogP) is 3.38. The second-order valence-electron chi connectivity index (χ2n) is 4.43. The Kier molecular flexibility index (Phi) is 4.72. The summed E-state index contributed by atoms with van der Waals surface area (Å²) in [6.07, 6.45) is 0. The highest BCUT2D eigenvalue weighted by atomic mass is 35.5. The third kappa shape index (κ3) is 3.90. The Balaban J connectivity index is 1.98.